The van der Waals surface area contributed by atoms with Gasteiger partial charge in [0.25, 0.3) is 11.8 Å². The number of anilines is 1. The summed E-state index contributed by atoms with van der Waals surface area (Å²) < 4.78 is 5.74. The molecule has 0 bridgehead atoms. The zero-order valence-corrected chi connectivity index (χ0v) is 18.1. The second kappa shape index (κ2) is 9.26. The summed E-state index contributed by atoms with van der Waals surface area (Å²) in [7, 11) is 0. The summed E-state index contributed by atoms with van der Waals surface area (Å²) in [5.41, 5.74) is 1.72. The first kappa shape index (κ1) is 21.6. The number of barbiturate groups is 1. The quantitative estimate of drug-likeness (QED) is 0.412. The van der Waals surface area contributed by atoms with Gasteiger partial charge in [-0.05, 0) is 65.7 Å². The first-order valence-corrected chi connectivity index (χ1v) is 10.3. The second-order valence-electron chi connectivity index (χ2n) is 6.92. The van der Waals surface area contributed by atoms with E-state index >= 15 is 0 Å². The number of rotatable bonds is 5. The normalized spacial score (nSPS) is 15.1. The van der Waals surface area contributed by atoms with E-state index < -0.39 is 17.8 Å². The summed E-state index contributed by atoms with van der Waals surface area (Å²) in [5.74, 6) is -0.850. The average Bonchev–Trinajstić information content (AvgIpc) is 2.78. The predicted molar refractivity (Wildman–Crippen MR) is 123 cm³/mol. The third-order valence-electron chi connectivity index (χ3n) is 4.70. The highest BCUT2D eigenvalue weighted by Gasteiger charge is 2.36. The Kier molecular flexibility index (Phi) is 6.25. The lowest BCUT2D eigenvalue weighted by Crippen LogP contribution is -2.54. The molecule has 6 nitrogen and oxygen atoms in total. The molecular weight excluding hydrogens is 451 g/mol. The molecule has 32 heavy (non-hydrogen) atoms. The maximum atomic E-state index is 12.9. The van der Waals surface area contributed by atoms with Crippen molar-refractivity contribution in [1.29, 1.82) is 0 Å². The minimum atomic E-state index is -0.814. The molecule has 0 aromatic heterocycles. The molecule has 3 aromatic carbocycles. The SMILES string of the molecule is O=C1NC(=O)N(c2ccc(Cl)cc2)C(=O)/C1=C/c1ccc(OCc2ccc(Cl)cc2)cc1. The van der Waals surface area contributed by atoms with E-state index in [2.05, 4.69) is 5.32 Å². The second-order valence-corrected chi connectivity index (χ2v) is 7.79. The number of imide groups is 2. The number of urea groups is 1. The van der Waals surface area contributed by atoms with Crippen molar-refractivity contribution in [2.45, 2.75) is 6.61 Å². The molecule has 0 spiro atoms. The van der Waals surface area contributed by atoms with E-state index in [9.17, 15) is 14.4 Å². The number of ether oxygens (including phenoxy) is 1. The average molecular weight is 467 g/mol. The summed E-state index contributed by atoms with van der Waals surface area (Å²) >= 11 is 11.8. The Hall–Kier alpha value is -3.61. The van der Waals surface area contributed by atoms with Gasteiger partial charge in [0.2, 0.25) is 0 Å². The lowest BCUT2D eigenvalue weighted by atomic mass is 10.1. The number of amides is 4. The number of nitrogens with one attached hydrogen (secondary N) is 1. The highest BCUT2D eigenvalue weighted by molar-refractivity contribution is 6.39. The Bertz CT molecular complexity index is 1200. The van der Waals surface area contributed by atoms with Crippen LogP contribution < -0.4 is 15.0 Å². The minimum Gasteiger partial charge on any atom is -0.489 e. The maximum Gasteiger partial charge on any atom is 0.335 e. The topological polar surface area (TPSA) is 75.7 Å². The van der Waals surface area contributed by atoms with Crippen molar-refractivity contribution in [2.24, 2.45) is 0 Å². The van der Waals surface area contributed by atoms with Crippen molar-refractivity contribution in [3.8, 4) is 5.75 Å². The van der Waals surface area contributed by atoms with Gasteiger partial charge < -0.3 is 4.74 Å². The van der Waals surface area contributed by atoms with Gasteiger partial charge in [0, 0.05) is 10.0 Å². The number of hydrogen-bond acceptors (Lipinski definition) is 4. The van der Waals surface area contributed by atoms with Crippen LogP contribution in [0.1, 0.15) is 11.1 Å². The van der Waals surface area contributed by atoms with Gasteiger partial charge in [-0.3, -0.25) is 14.9 Å². The van der Waals surface area contributed by atoms with E-state index in [1.54, 1.807) is 48.5 Å². The van der Waals surface area contributed by atoms with Crippen molar-refractivity contribution in [3.05, 3.63) is 99.5 Å². The first-order chi connectivity index (χ1) is 15.4. The van der Waals surface area contributed by atoms with Gasteiger partial charge in [0.1, 0.15) is 17.9 Å². The molecule has 0 aliphatic carbocycles. The van der Waals surface area contributed by atoms with Crippen LogP contribution in [0.15, 0.2) is 78.4 Å². The molecule has 1 N–H and O–H groups in total. The van der Waals surface area contributed by atoms with Crippen LogP contribution in [0.5, 0.6) is 5.75 Å². The Balaban J connectivity index is 1.50. The number of halogens is 2. The molecule has 0 atom stereocenters. The van der Waals surface area contributed by atoms with Gasteiger partial charge in [0.15, 0.2) is 0 Å². The van der Waals surface area contributed by atoms with Crippen LogP contribution in [0.4, 0.5) is 10.5 Å². The maximum absolute atomic E-state index is 12.9. The molecule has 8 heteroatoms. The van der Waals surface area contributed by atoms with Crippen molar-refractivity contribution in [1.82, 2.24) is 5.32 Å². The smallest absolute Gasteiger partial charge is 0.335 e. The van der Waals surface area contributed by atoms with Crippen LogP contribution >= 0.6 is 23.2 Å². The minimum absolute atomic E-state index is 0.158. The van der Waals surface area contributed by atoms with Gasteiger partial charge in [-0.2, -0.15) is 0 Å². The number of nitrogens with zero attached hydrogens (tertiary/aromatic N) is 1. The molecule has 0 unspecified atom stereocenters. The fourth-order valence-electron chi connectivity index (χ4n) is 3.06. The van der Waals surface area contributed by atoms with E-state index in [0.717, 1.165) is 10.5 Å². The highest BCUT2D eigenvalue weighted by atomic mass is 35.5. The van der Waals surface area contributed by atoms with Gasteiger partial charge in [-0.15, -0.1) is 0 Å². The van der Waals surface area contributed by atoms with E-state index in [1.807, 2.05) is 12.1 Å². The Morgan fingerprint density at radius 2 is 1.41 bits per heavy atom. The van der Waals surface area contributed by atoms with Gasteiger partial charge in [0.05, 0.1) is 5.69 Å². The van der Waals surface area contributed by atoms with Crippen molar-refractivity contribution < 1.29 is 19.1 Å². The summed E-state index contributed by atoms with van der Waals surface area (Å²) in [6.07, 6.45) is 1.43. The van der Waals surface area contributed by atoms with E-state index in [4.69, 9.17) is 27.9 Å². The Labute approximate surface area is 194 Å². The Morgan fingerprint density at radius 3 is 2.03 bits per heavy atom. The monoisotopic (exact) mass is 466 g/mol. The molecule has 1 fully saturated rings. The van der Waals surface area contributed by atoms with Crippen molar-refractivity contribution in [2.75, 3.05) is 4.90 Å². The summed E-state index contributed by atoms with van der Waals surface area (Å²) in [6.45, 7) is 0.372. The molecule has 160 valence electrons. The summed E-state index contributed by atoms with van der Waals surface area (Å²) in [4.78, 5) is 38.3. The first-order valence-electron chi connectivity index (χ1n) is 9.55. The van der Waals surface area contributed by atoms with Gasteiger partial charge >= 0.3 is 6.03 Å². The van der Waals surface area contributed by atoms with Crippen LogP contribution in [0, 0.1) is 0 Å². The molecule has 1 heterocycles. The summed E-state index contributed by atoms with van der Waals surface area (Å²) in [6, 6.07) is 19.6. The zero-order valence-electron chi connectivity index (χ0n) is 16.5. The van der Waals surface area contributed by atoms with Crippen LogP contribution in [0.2, 0.25) is 10.0 Å². The van der Waals surface area contributed by atoms with Crippen LogP contribution in [-0.2, 0) is 16.2 Å². The molecule has 4 rings (SSSR count). The molecular formula is C24H16Cl2N2O4. The van der Waals surface area contributed by atoms with Gasteiger partial charge in [-0.25, -0.2) is 9.69 Å². The molecule has 1 saturated heterocycles. The van der Waals surface area contributed by atoms with Gasteiger partial charge in [-0.1, -0.05) is 47.5 Å². The number of hydrogen-bond donors (Lipinski definition) is 1. The van der Waals surface area contributed by atoms with Crippen LogP contribution in [0.25, 0.3) is 6.08 Å². The largest absolute Gasteiger partial charge is 0.489 e. The lowest BCUT2D eigenvalue weighted by molar-refractivity contribution is -0.122. The molecule has 0 radical (unpaired) electrons. The van der Waals surface area contributed by atoms with Crippen LogP contribution in [-0.4, -0.2) is 17.8 Å². The fraction of sp³-hybridized carbons (Fsp3) is 0.0417. The predicted octanol–water partition coefficient (Wildman–Crippen LogP) is 5.24. The van der Waals surface area contributed by atoms with Crippen molar-refractivity contribution in [3.63, 3.8) is 0 Å². The van der Waals surface area contributed by atoms with Crippen molar-refractivity contribution >= 4 is 52.8 Å². The number of carbonyl (C=O) groups is 3. The molecule has 1 aliphatic rings. The molecule has 1 aliphatic heterocycles. The number of carbonyl (C=O) groups excluding carboxylic acids is 3. The standard InChI is InChI=1S/C24H16Cl2N2O4/c25-17-5-1-16(2-6-17)14-32-20-11-3-15(4-12-20)13-21-22(29)27-24(31)28(23(21)30)19-9-7-18(26)8-10-19/h1-13H,14H2,(H,27,29,31)/b21-13+. The fourth-order valence-corrected chi connectivity index (χ4v) is 3.31. The van der Waals surface area contributed by atoms with E-state index in [0.29, 0.717) is 33.7 Å². The third-order valence-corrected chi connectivity index (χ3v) is 5.20. The zero-order chi connectivity index (χ0) is 22.7. The summed E-state index contributed by atoms with van der Waals surface area (Å²) in [5, 5.41) is 3.31. The molecule has 3 aromatic rings. The molecule has 0 saturated carbocycles. The van der Waals surface area contributed by atoms with E-state index in [-0.39, 0.29) is 5.57 Å². The Morgan fingerprint density at radius 1 is 0.812 bits per heavy atom. The third kappa shape index (κ3) is 4.82. The number of benzene rings is 3. The van der Waals surface area contributed by atoms with E-state index in [1.165, 1.54) is 18.2 Å². The van der Waals surface area contributed by atoms with Crippen LogP contribution in [0.3, 0.4) is 0 Å². The molecule has 4 amide bonds. The lowest BCUT2D eigenvalue weighted by Gasteiger charge is -2.26. The highest BCUT2D eigenvalue weighted by Crippen LogP contribution is 2.24.